The maximum atomic E-state index is 11.7. The molecule has 0 saturated heterocycles. The summed E-state index contributed by atoms with van der Waals surface area (Å²) in [5.41, 5.74) is 11.1. The summed E-state index contributed by atoms with van der Waals surface area (Å²) in [5, 5.41) is 11.3. The highest BCUT2D eigenvalue weighted by Crippen LogP contribution is 2.28. The molecule has 6 N–H and O–H groups in total. The van der Waals surface area contributed by atoms with Crippen LogP contribution >= 0.6 is 0 Å². The van der Waals surface area contributed by atoms with E-state index in [1.165, 1.54) is 6.42 Å². The largest absolute Gasteiger partial charge is 0.480 e. The molecule has 104 valence electrons. The lowest BCUT2D eigenvalue weighted by atomic mass is 9.80. The van der Waals surface area contributed by atoms with Crippen LogP contribution in [0.15, 0.2) is 0 Å². The number of carbonyl (C=O) groups excluding carboxylic acids is 1. The van der Waals surface area contributed by atoms with Crippen molar-refractivity contribution in [1.29, 1.82) is 0 Å². The molecule has 0 aliphatic heterocycles. The zero-order valence-electron chi connectivity index (χ0n) is 10.7. The first-order chi connectivity index (χ1) is 8.43. The van der Waals surface area contributed by atoms with Gasteiger partial charge < -0.3 is 21.9 Å². The number of nitrogens with one attached hydrogen (secondary N) is 1. The Hall–Kier alpha value is -1.14. The molecule has 18 heavy (non-hydrogen) atoms. The molecule has 0 heterocycles. The number of nitrogens with two attached hydrogens (primary N) is 2. The standard InChI is InChI=1S/C12H23N3O3/c13-9(11(17)18)4-7-15-10(16)8-12(14)5-2-1-3-6-12/h9H,1-8,13-14H2,(H,15,16)(H,17,18). The van der Waals surface area contributed by atoms with Crippen LogP contribution in [0.5, 0.6) is 0 Å². The summed E-state index contributed by atoms with van der Waals surface area (Å²) in [6.07, 6.45) is 5.66. The molecule has 1 rings (SSSR count). The van der Waals surface area contributed by atoms with Gasteiger partial charge in [0, 0.05) is 18.5 Å². The first-order valence-electron chi connectivity index (χ1n) is 6.47. The number of hydrogen-bond donors (Lipinski definition) is 4. The van der Waals surface area contributed by atoms with Gasteiger partial charge in [0.15, 0.2) is 0 Å². The number of hydrogen-bond acceptors (Lipinski definition) is 4. The number of carboxylic acid groups (broad SMARTS) is 1. The van der Waals surface area contributed by atoms with E-state index in [1.807, 2.05) is 0 Å². The van der Waals surface area contributed by atoms with Gasteiger partial charge in [0.25, 0.3) is 0 Å². The molecule has 1 atom stereocenters. The SMILES string of the molecule is NC(CCNC(=O)CC1(N)CCCCC1)C(=O)O. The average Bonchev–Trinajstić information content (AvgIpc) is 2.28. The van der Waals surface area contributed by atoms with Crippen LogP contribution in [-0.4, -0.2) is 35.1 Å². The third kappa shape index (κ3) is 5.01. The first kappa shape index (κ1) is 14.9. The van der Waals surface area contributed by atoms with Crippen LogP contribution in [0.2, 0.25) is 0 Å². The molecular formula is C12H23N3O3. The number of rotatable bonds is 6. The quantitative estimate of drug-likeness (QED) is 0.532. The molecule has 6 heteroatoms. The lowest BCUT2D eigenvalue weighted by molar-refractivity contribution is -0.138. The minimum atomic E-state index is -1.05. The van der Waals surface area contributed by atoms with Gasteiger partial charge in [0.1, 0.15) is 6.04 Å². The van der Waals surface area contributed by atoms with Crippen molar-refractivity contribution in [2.45, 2.75) is 56.5 Å². The van der Waals surface area contributed by atoms with Gasteiger partial charge in [-0.2, -0.15) is 0 Å². The van der Waals surface area contributed by atoms with Crippen molar-refractivity contribution in [1.82, 2.24) is 5.32 Å². The fraction of sp³-hybridized carbons (Fsp3) is 0.833. The van der Waals surface area contributed by atoms with E-state index in [9.17, 15) is 9.59 Å². The molecule has 6 nitrogen and oxygen atoms in total. The molecule has 1 aliphatic carbocycles. The Morgan fingerprint density at radius 1 is 1.28 bits per heavy atom. The van der Waals surface area contributed by atoms with Crippen molar-refractivity contribution in [3.63, 3.8) is 0 Å². The normalized spacial score (nSPS) is 20.1. The van der Waals surface area contributed by atoms with Gasteiger partial charge in [-0.05, 0) is 19.3 Å². The van der Waals surface area contributed by atoms with Gasteiger partial charge in [0.2, 0.25) is 5.91 Å². The summed E-state index contributed by atoms with van der Waals surface area (Å²) in [6.45, 7) is 0.280. The van der Waals surface area contributed by atoms with Crippen LogP contribution < -0.4 is 16.8 Å². The highest BCUT2D eigenvalue weighted by Gasteiger charge is 2.29. The minimum absolute atomic E-state index is 0.114. The smallest absolute Gasteiger partial charge is 0.320 e. The Morgan fingerprint density at radius 3 is 2.44 bits per heavy atom. The van der Waals surface area contributed by atoms with E-state index >= 15 is 0 Å². The van der Waals surface area contributed by atoms with Crippen LogP contribution in [-0.2, 0) is 9.59 Å². The summed E-state index contributed by atoms with van der Waals surface area (Å²) in [5.74, 6) is -1.16. The molecule has 1 amide bonds. The number of amides is 1. The third-order valence-corrected chi connectivity index (χ3v) is 3.46. The van der Waals surface area contributed by atoms with Gasteiger partial charge in [-0.3, -0.25) is 9.59 Å². The van der Waals surface area contributed by atoms with Gasteiger partial charge in [-0.15, -0.1) is 0 Å². The molecule has 1 unspecified atom stereocenters. The van der Waals surface area contributed by atoms with Gasteiger partial charge in [0.05, 0.1) is 0 Å². The highest BCUT2D eigenvalue weighted by atomic mass is 16.4. The van der Waals surface area contributed by atoms with Gasteiger partial charge in [-0.25, -0.2) is 0 Å². The molecular weight excluding hydrogens is 234 g/mol. The third-order valence-electron chi connectivity index (χ3n) is 3.46. The van der Waals surface area contributed by atoms with Crippen molar-refractivity contribution in [2.24, 2.45) is 11.5 Å². The predicted octanol–water partition coefficient (Wildman–Crippen LogP) is -0.0437. The number of carboxylic acids is 1. The highest BCUT2D eigenvalue weighted by molar-refractivity contribution is 5.77. The van der Waals surface area contributed by atoms with E-state index in [2.05, 4.69) is 5.32 Å². The summed E-state index contributed by atoms with van der Waals surface area (Å²) in [6, 6.07) is -0.924. The van der Waals surface area contributed by atoms with Crippen LogP contribution in [0.3, 0.4) is 0 Å². The predicted molar refractivity (Wildman–Crippen MR) is 67.9 cm³/mol. The van der Waals surface area contributed by atoms with E-state index in [0.29, 0.717) is 6.42 Å². The molecule has 0 aromatic heterocycles. The van der Waals surface area contributed by atoms with Crippen LogP contribution in [0, 0.1) is 0 Å². The molecule has 1 saturated carbocycles. The second kappa shape index (κ2) is 6.70. The fourth-order valence-corrected chi connectivity index (χ4v) is 2.31. The van der Waals surface area contributed by atoms with Crippen molar-refractivity contribution in [3.05, 3.63) is 0 Å². The average molecular weight is 257 g/mol. The fourth-order valence-electron chi connectivity index (χ4n) is 2.31. The first-order valence-corrected chi connectivity index (χ1v) is 6.47. The summed E-state index contributed by atoms with van der Waals surface area (Å²) < 4.78 is 0. The van der Waals surface area contributed by atoms with Crippen LogP contribution in [0.4, 0.5) is 0 Å². The van der Waals surface area contributed by atoms with Crippen LogP contribution in [0.1, 0.15) is 44.9 Å². The lowest BCUT2D eigenvalue weighted by Crippen LogP contribution is -2.46. The zero-order valence-corrected chi connectivity index (χ0v) is 10.7. The number of aliphatic carboxylic acids is 1. The summed E-state index contributed by atoms with van der Waals surface area (Å²) in [7, 11) is 0. The van der Waals surface area contributed by atoms with Crippen molar-refractivity contribution in [3.8, 4) is 0 Å². The zero-order chi connectivity index (χ0) is 13.6. The molecule has 0 radical (unpaired) electrons. The molecule has 0 aromatic carbocycles. The Morgan fingerprint density at radius 2 is 1.89 bits per heavy atom. The Labute approximate surface area is 107 Å². The van der Waals surface area contributed by atoms with Crippen molar-refractivity contribution < 1.29 is 14.7 Å². The number of carbonyl (C=O) groups is 2. The second-order valence-corrected chi connectivity index (χ2v) is 5.18. The summed E-state index contributed by atoms with van der Waals surface area (Å²) >= 11 is 0. The van der Waals surface area contributed by atoms with Crippen molar-refractivity contribution >= 4 is 11.9 Å². The van der Waals surface area contributed by atoms with E-state index in [0.717, 1.165) is 25.7 Å². The van der Waals surface area contributed by atoms with Crippen LogP contribution in [0.25, 0.3) is 0 Å². The van der Waals surface area contributed by atoms with Gasteiger partial charge in [-0.1, -0.05) is 19.3 Å². The topological polar surface area (TPSA) is 118 Å². The Kier molecular flexibility index (Phi) is 5.55. The summed E-state index contributed by atoms with van der Waals surface area (Å²) in [4.78, 5) is 22.2. The molecule has 0 bridgehead atoms. The molecule has 1 fully saturated rings. The molecule has 1 aliphatic rings. The van der Waals surface area contributed by atoms with E-state index in [-0.39, 0.29) is 24.4 Å². The van der Waals surface area contributed by atoms with Gasteiger partial charge >= 0.3 is 5.97 Å². The van der Waals surface area contributed by atoms with E-state index in [4.69, 9.17) is 16.6 Å². The lowest BCUT2D eigenvalue weighted by Gasteiger charge is -2.32. The molecule has 0 aromatic rings. The maximum absolute atomic E-state index is 11.7. The van der Waals surface area contributed by atoms with Crippen molar-refractivity contribution in [2.75, 3.05) is 6.54 Å². The monoisotopic (exact) mass is 257 g/mol. The van der Waals surface area contributed by atoms with E-state index < -0.39 is 12.0 Å². The Balaban J connectivity index is 2.22. The minimum Gasteiger partial charge on any atom is -0.480 e. The Bertz CT molecular complexity index is 301. The second-order valence-electron chi connectivity index (χ2n) is 5.18. The molecule has 0 spiro atoms. The maximum Gasteiger partial charge on any atom is 0.320 e. The van der Waals surface area contributed by atoms with E-state index in [1.54, 1.807) is 0 Å².